The van der Waals surface area contributed by atoms with Crippen molar-refractivity contribution in [3.05, 3.63) is 125 Å². The molecule has 5 amide bonds. The third-order valence-corrected chi connectivity index (χ3v) is 13.0. The Morgan fingerprint density at radius 1 is 0.931 bits per heavy atom. The Bertz CT molecular complexity index is 2890. The van der Waals surface area contributed by atoms with Crippen LogP contribution in [0.4, 0.5) is 24.5 Å². The van der Waals surface area contributed by atoms with E-state index in [2.05, 4.69) is 20.9 Å². The van der Waals surface area contributed by atoms with Crippen molar-refractivity contribution >= 4 is 58.2 Å². The number of ether oxygens (including phenoxy) is 1. The van der Waals surface area contributed by atoms with Crippen LogP contribution in [-0.4, -0.2) is 88.5 Å². The number of likely N-dealkylation sites (tertiary alicyclic amines) is 1. The fraction of sp³-hybridized carbons (Fsp3) is 0.358. The van der Waals surface area contributed by atoms with E-state index in [1.807, 2.05) is 52.0 Å². The van der Waals surface area contributed by atoms with Gasteiger partial charge in [0.25, 0.3) is 11.8 Å². The van der Waals surface area contributed by atoms with Gasteiger partial charge in [-0.2, -0.15) is 18.4 Å². The maximum atomic E-state index is 14.0. The number of thiocarbonyl (C=S) groups is 1. The second kappa shape index (κ2) is 21.5. The first-order valence-corrected chi connectivity index (χ1v) is 23.7. The van der Waals surface area contributed by atoms with E-state index >= 15 is 0 Å². The van der Waals surface area contributed by atoms with E-state index in [1.54, 1.807) is 78.2 Å². The number of aromatic nitrogens is 1. The van der Waals surface area contributed by atoms with Crippen LogP contribution in [0.3, 0.4) is 0 Å². The molecule has 1 aromatic heterocycles. The highest BCUT2D eigenvalue weighted by molar-refractivity contribution is 7.81. The molecule has 4 aromatic carbocycles. The Kier molecular flexibility index (Phi) is 15.7. The quantitative estimate of drug-likeness (QED) is 0.0640. The van der Waals surface area contributed by atoms with Crippen LogP contribution >= 0.6 is 12.2 Å². The first-order chi connectivity index (χ1) is 34.1. The zero-order valence-corrected chi connectivity index (χ0v) is 41.5. The zero-order chi connectivity index (χ0) is 52.1. The van der Waals surface area contributed by atoms with E-state index in [0.29, 0.717) is 42.8 Å². The molecule has 0 spiro atoms. The normalized spacial score (nSPS) is 16.1. The molecule has 376 valence electrons. The van der Waals surface area contributed by atoms with Gasteiger partial charge in [-0.05, 0) is 117 Å². The molecule has 19 heteroatoms. The monoisotopic (exact) mass is 1000 g/mol. The van der Waals surface area contributed by atoms with Gasteiger partial charge in [-0.15, -0.1) is 0 Å². The number of nitriles is 1. The molecule has 5 aromatic rings. The number of anilines is 2. The van der Waals surface area contributed by atoms with Crippen molar-refractivity contribution in [3.8, 4) is 28.5 Å². The number of alkyl halides is 3. The van der Waals surface area contributed by atoms with Crippen molar-refractivity contribution in [2.75, 3.05) is 36.1 Å². The fourth-order valence-electron chi connectivity index (χ4n) is 8.70. The molecule has 72 heavy (non-hydrogen) atoms. The van der Waals surface area contributed by atoms with E-state index in [1.165, 1.54) is 12.5 Å². The summed E-state index contributed by atoms with van der Waals surface area (Å²) in [6.07, 6.45) is -1.86. The van der Waals surface area contributed by atoms with E-state index in [0.717, 1.165) is 45.0 Å². The molecule has 2 saturated heterocycles. The summed E-state index contributed by atoms with van der Waals surface area (Å²) in [4.78, 5) is 75.3. The minimum absolute atomic E-state index is 0.0209. The van der Waals surface area contributed by atoms with Gasteiger partial charge in [0.15, 0.2) is 17.3 Å². The lowest BCUT2D eigenvalue weighted by Gasteiger charge is -2.35. The highest BCUT2D eigenvalue weighted by atomic mass is 32.1. The number of carbonyl (C=O) groups is 5. The van der Waals surface area contributed by atoms with Crippen molar-refractivity contribution in [3.63, 3.8) is 0 Å². The Hall–Kier alpha value is -7.43. The van der Waals surface area contributed by atoms with Crippen LogP contribution in [0.1, 0.15) is 86.6 Å². The lowest BCUT2D eigenvalue weighted by atomic mass is 9.85. The number of rotatable bonds is 16. The summed E-state index contributed by atoms with van der Waals surface area (Å²) >= 11 is 5.66. The summed E-state index contributed by atoms with van der Waals surface area (Å²) in [5.74, 6) is -1.26. The number of benzene rings is 4. The Balaban J connectivity index is 0.848. The molecule has 0 bridgehead atoms. The van der Waals surface area contributed by atoms with Crippen LogP contribution in [-0.2, 0) is 36.6 Å². The van der Waals surface area contributed by atoms with Gasteiger partial charge in [-0.3, -0.25) is 28.9 Å². The fourth-order valence-corrected chi connectivity index (χ4v) is 9.22. The van der Waals surface area contributed by atoms with Crippen LogP contribution in [0, 0.1) is 23.7 Å². The molecule has 2 aliphatic heterocycles. The molecule has 1 unspecified atom stereocenters. The minimum Gasteiger partial charge on any atom is -0.443 e. The van der Waals surface area contributed by atoms with Gasteiger partial charge < -0.3 is 34.9 Å². The lowest BCUT2D eigenvalue weighted by Crippen LogP contribution is -2.58. The molecule has 3 N–H and O–H groups in total. The van der Waals surface area contributed by atoms with Gasteiger partial charge in [0.05, 0.1) is 28.6 Å². The van der Waals surface area contributed by atoms with Gasteiger partial charge in [0, 0.05) is 43.1 Å². The number of hydrogen-bond acceptors (Lipinski definition) is 10. The van der Waals surface area contributed by atoms with Crippen LogP contribution in [0.5, 0.6) is 0 Å². The molecule has 0 saturated carbocycles. The number of oxazole rings is 1. The predicted molar refractivity (Wildman–Crippen MR) is 267 cm³/mol. The molecule has 7 rings (SSSR count). The van der Waals surface area contributed by atoms with E-state index < -0.39 is 52.2 Å². The highest BCUT2D eigenvalue weighted by Gasteiger charge is 2.51. The van der Waals surface area contributed by atoms with E-state index in [4.69, 9.17) is 21.4 Å². The second-order valence-corrected chi connectivity index (χ2v) is 19.5. The SMILES string of the molecule is Cc1ncoc1-c1ccc(CNC(=O)[C@@H]2CCCN2C(=O)C(NC(=O)COCCCNC(=O)c2ccc(-c3ccc(N4C(=S)N(c5ccc(C#N)c(C(F)(F)F)c5)C(=O)C4(C)C)cc3)cc2)C(C)(C)C)cc1. The summed E-state index contributed by atoms with van der Waals surface area (Å²) in [5, 5.41) is 17.8. The molecule has 2 atom stereocenters. The Morgan fingerprint density at radius 3 is 2.18 bits per heavy atom. The first kappa shape index (κ1) is 52.4. The van der Waals surface area contributed by atoms with E-state index in [-0.39, 0.29) is 54.8 Å². The van der Waals surface area contributed by atoms with Crippen molar-refractivity contribution in [2.24, 2.45) is 5.41 Å². The minimum atomic E-state index is -4.82. The van der Waals surface area contributed by atoms with Crippen molar-refractivity contribution in [2.45, 2.75) is 91.1 Å². The number of aryl methyl sites for hydroxylation is 1. The molecule has 0 aliphatic carbocycles. The summed E-state index contributed by atoms with van der Waals surface area (Å²) in [7, 11) is 0. The molecule has 15 nitrogen and oxygen atoms in total. The summed E-state index contributed by atoms with van der Waals surface area (Å²) in [6, 6.07) is 24.6. The summed E-state index contributed by atoms with van der Waals surface area (Å²) in [5.41, 5.74) is 1.29. The third-order valence-electron chi connectivity index (χ3n) is 12.6. The molecule has 3 heterocycles. The number of nitrogens with one attached hydrogen (secondary N) is 3. The largest absolute Gasteiger partial charge is 0.443 e. The third kappa shape index (κ3) is 11.5. The van der Waals surface area contributed by atoms with Crippen molar-refractivity contribution in [1.82, 2.24) is 25.8 Å². The second-order valence-electron chi connectivity index (χ2n) is 19.2. The molecular weight excluding hydrogens is 950 g/mol. The van der Waals surface area contributed by atoms with Gasteiger partial charge in [0.1, 0.15) is 24.2 Å². The topological polar surface area (TPSA) is 190 Å². The maximum absolute atomic E-state index is 14.0. The van der Waals surface area contributed by atoms with Crippen LogP contribution in [0.2, 0.25) is 0 Å². The number of amides is 5. The van der Waals surface area contributed by atoms with Gasteiger partial charge in [0.2, 0.25) is 17.7 Å². The smallest absolute Gasteiger partial charge is 0.417 e. The first-order valence-electron chi connectivity index (χ1n) is 23.3. The molecule has 2 aliphatic rings. The van der Waals surface area contributed by atoms with Gasteiger partial charge >= 0.3 is 6.18 Å². The number of hydrogen-bond donors (Lipinski definition) is 3. The molecular formula is C53H55F3N8O7S. The van der Waals surface area contributed by atoms with Crippen LogP contribution in [0.25, 0.3) is 22.5 Å². The summed E-state index contributed by atoms with van der Waals surface area (Å²) < 4.78 is 52.4. The number of halogens is 3. The Labute approximate surface area is 420 Å². The van der Waals surface area contributed by atoms with Crippen LogP contribution < -0.4 is 25.8 Å². The van der Waals surface area contributed by atoms with E-state index in [9.17, 15) is 42.4 Å². The average molecular weight is 1010 g/mol. The number of carbonyl (C=O) groups excluding carboxylic acids is 5. The highest BCUT2D eigenvalue weighted by Crippen LogP contribution is 2.40. The predicted octanol–water partition coefficient (Wildman–Crippen LogP) is 8.10. The van der Waals surface area contributed by atoms with Crippen LogP contribution in [0.15, 0.2) is 102 Å². The molecule has 0 radical (unpaired) electrons. The maximum Gasteiger partial charge on any atom is 0.417 e. The zero-order valence-electron chi connectivity index (χ0n) is 40.7. The average Bonchev–Trinajstić information content (AvgIpc) is 4.06. The lowest BCUT2D eigenvalue weighted by molar-refractivity contribution is -0.144. The van der Waals surface area contributed by atoms with Gasteiger partial charge in [-0.1, -0.05) is 69.3 Å². The molecule has 2 fully saturated rings. The summed E-state index contributed by atoms with van der Waals surface area (Å²) in [6.45, 7) is 11.4. The number of nitrogens with zero attached hydrogens (tertiary/aromatic N) is 5. The standard InChI is InChI=1S/C53H55F3N8O7S/c1-32-44(71-31-60-32)36-12-10-33(11-13-36)29-59-47(67)42-9-7-25-62(42)48(68)45(51(2,3)4)61-43(65)30-70-26-8-24-58-46(66)37-16-14-34(15-17-37)35-18-21-39(22-19-35)64-50(72)63(49(69)52(64,5)6)40-23-20-38(28-57)41(27-40)53(54,55)56/h10-23,27,31,42,45H,7-9,24-26,29-30H2,1-6H3,(H,58,66)(H,59,67)(H,61,65)/t42-,45?/m0/s1. The van der Waals surface area contributed by atoms with Gasteiger partial charge in [-0.25, -0.2) is 4.98 Å². The Morgan fingerprint density at radius 2 is 1.57 bits per heavy atom. The van der Waals surface area contributed by atoms with Crippen molar-refractivity contribution in [1.29, 1.82) is 5.26 Å². The van der Waals surface area contributed by atoms with Crippen molar-refractivity contribution < 1.29 is 46.3 Å².